The molecular weight excluding hydrogens is 572 g/mol. The van der Waals surface area contributed by atoms with Gasteiger partial charge in [-0.1, -0.05) is 88.4 Å². The highest BCUT2D eigenvalue weighted by Crippen LogP contribution is 2.29. The van der Waals surface area contributed by atoms with Crippen LogP contribution >= 0.6 is 11.3 Å². The Hall–Kier alpha value is -4.63. The molecule has 0 aliphatic carbocycles. The van der Waals surface area contributed by atoms with Crippen molar-refractivity contribution in [1.29, 1.82) is 0 Å². The van der Waals surface area contributed by atoms with Gasteiger partial charge in [0.05, 0.1) is 4.88 Å². The van der Waals surface area contributed by atoms with Crippen LogP contribution in [0.1, 0.15) is 71.4 Å². The van der Waals surface area contributed by atoms with Crippen molar-refractivity contribution in [2.75, 3.05) is 0 Å². The van der Waals surface area contributed by atoms with Gasteiger partial charge in [-0.05, 0) is 47.6 Å². The van der Waals surface area contributed by atoms with E-state index in [1.165, 1.54) is 23.8 Å². The molecule has 0 unspecified atom stereocenters. The van der Waals surface area contributed by atoms with Gasteiger partial charge in [0, 0.05) is 34.8 Å². The second kappa shape index (κ2) is 14.2. The summed E-state index contributed by atoms with van der Waals surface area (Å²) < 4.78 is 0. The molecule has 4 aromatic rings. The Kier molecular flexibility index (Phi) is 10.4. The number of nitrogens with one attached hydrogen (secondary N) is 2. The summed E-state index contributed by atoms with van der Waals surface area (Å²) in [6.07, 6.45) is 8.71. The number of aromatic nitrogens is 2. The van der Waals surface area contributed by atoms with Gasteiger partial charge in [0.1, 0.15) is 12.1 Å². The molecule has 0 spiro atoms. The first-order chi connectivity index (χ1) is 20.9. The van der Waals surface area contributed by atoms with Crippen molar-refractivity contribution in [3.63, 3.8) is 0 Å². The number of carboxylic acids is 1. The molecule has 2 heterocycles. The Labute approximate surface area is 262 Å². The molecule has 8 nitrogen and oxygen atoms in total. The largest absolute Gasteiger partial charge is 0.480 e. The van der Waals surface area contributed by atoms with E-state index in [-0.39, 0.29) is 17.7 Å². The van der Waals surface area contributed by atoms with Gasteiger partial charge in [-0.25, -0.2) is 9.97 Å². The lowest BCUT2D eigenvalue weighted by molar-refractivity contribution is -0.141. The highest BCUT2D eigenvalue weighted by molar-refractivity contribution is 7.14. The molecule has 4 rings (SSSR count). The van der Waals surface area contributed by atoms with Gasteiger partial charge in [0.25, 0.3) is 5.91 Å². The smallest absolute Gasteiger partial charge is 0.325 e. The van der Waals surface area contributed by atoms with Crippen molar-refractivity contribution in [3.8, 4) is 11.4 Å². The van der Waals surface area contributed by atoms with Gasteiger partial charge >= 0.3 is 5.97 Å². The molecule has 228 valence electrons. The van der Waals surface area contributed by atoms with Crippen LogP contribution < -0.4 is 10.6 Å². The zero-order chi connectivity index (χ0) is 31.9. The number of carboxylic acid groups (broad SMARTS) is 1. The molecule has 0 aliphatic rings. The molecule has 3 N–H and O–H groups in total. The second-order valence-corrected chi connectivity index (χ2v) is 12.8. The number of carbonyl (C=O) groups excluding carboxylic acids is 2. The second-order valence-electron chi connectivity index (χ2n) is 11.7. The van der Waals surface area contributed by atoms with E-state index in [4.69, 9.17) is 0 Å². The number of rotatable bonds is 11. The zero-order valence-corrected chi connectivity index (χ0v) is 26.4. The summed E-state index contributed by atoms with van der Waals surface area (Å²) in [6.45, 7) is 9.72. The fourth-order valence-corrected chi connectivity index (χ4v) is 5.30. The first-order valence-electron chi connectivity index (χ1n) is 14.6. The number of benzene rings is 2. The monoisotopic (exact) mass is 610 g/mol. The van der Waals surface area contributed by atoms with Gasteiger partial charge in [-0.3, -0.25) is 14.4 Å². The lowest BCUT2D eigenvalue weighted by atomic mass is 9.95. The summed E-state index contributed by atoms with van der Waals surface area (Å²) in [7, 11) is 0. The summed E-state index contributed by atoms with van der Waals surface area (Å²) in [4.78, 5) is 48.1. The molecule has 0 saturated heterocycles. The maximum Gasteiger partial charge on any atom is 0.325 e. The standard InChI is InChI=1S/C35H38N4O4S/c1-6-23-7-9-24(10-8-23)11-12-26-20-36-31(37-21-26)27-15-13-25(14-16-27)19-28(32(40)38-22(2)34(42)43)39-33(41)29-17-18-30(44-29)35(3,4)5/h7-18,20-22,28H,6,19H2,1-5H3,(H,38,40)(H,39,41)(H,42,43)/b12-11-/t22-,28+/m1/s1. The Morgan fingerprint density at radius 3 is 2.05 bits per heavy atom. The van der Waals surface area contributed by atoms with Crippen molar-refractivity contribution < 1.29 is 19.5 Å². The molecule has 2 aromatic heterocycles. The van der Waals surface area contributed by atoms with Crippen LogP contribution in [0.2, 0.25) is 0 Å². The van der Waals surface area contributed by atoms with Crippen LogP contribution in [0.15, 0.2) is 73.1 Å². The van der Waals surface area contributed by atoms with E-state index in [0.29, 0.717) is 10.7 Å². The third kappa shape index (κ3) is 8.70. The number of aryl methyl sites for hydroxylation is 1. The molecule has 0 aliphatic heterocycles. The molecule has 9 heteroatoms. The Morgan fingerprint density at radius 2 is 1.48 bits per heavy atom. The molecule has 2 atom stereocenters. The number of hydrogen-bond acceptors (Lipinski definition) is 6. The van der Waals surface area contributed by atoms with Gasteiger partial charge in [-0.2, -0.15) is 0 Å². The maximum atomic E-state index is 13.1. The van der Waals surface area contributed by atoms with E-state index in [9.17, 15) is 19.5 Å². The summed E-state index contributed by atoms with van der Waals surface area (Å²) >= 11 is 1.37. The van der Waals surface area contributed by atoms with Crippen molar-refractivity contribution >= 4 is 41.3 Å². The third-order valence-corrected chi connectivity index (χ3v) is 8.61. The minimum atomic E-state index is -1.16. The Balaban J connectivity index is 1.45. The predicted octanol–water partition coefficient (Wildman–Crippen LogP) is 6.17. The molecule has 0 radical (unpaired) electrons. The number of amides is 2. The molecule has 2 aromatic carbocycles. The summed E-state index contributed by atoms with van der Waals surface area (Å²) in [5.74, 6) is -1.55. The molecular formula is C35H38N4O4S. The number of nitrogens with zero attached hydrogens (tertiary/aromatic N) is 2. The van der Waals surface area contributed by atoms with Crippen LogP contribution in [0.5, 0.6) is 0 Å². The lowest BCUT2D eigenvalue weighted by Gasteiger charge is -2.20. The summed E-state index contributed by atoms with van der Waals surface area (Å²) in [5, 5.41) is 14.6. The van der Waals surface area contributed by atoms with Crippen LogP contribution in [0, 0.1) is 0 Å². The van der Waals surface area contributed by atoms with Crippen molar-refractivity contribution in [2.24, 2.45) is 0 Å². The van der Waals surface area contributed by atoms with E-state index in [1.807, 2.05) is 42.5 Å². The van der Waals surface area contributed by atoms with Crippen molar-refractivity contribution in [3.05, 3.63) is 105 Å². The van der Waals surface area contributed by atoms with E-state index in [1.54, 1.807) is 18.5 Å². The number of thiophene rings is 1. The highest BCUT2D eigenvalue weighted by Gasteiger charge is 2.26. The van der Waals surface area contributed by atoms with E-state index < -0.39 is 24.0 Å². The van der Waals surface area contributed by atoms with E-state index >= 15 is 0 Å². The van der Waals surface area contributed by atoms with Crippen LogP contribution in [-0.2, 0) is 27.8 Å². The Morgan fingerprint density at radius 1 is 0.864 bits per heavy atom. The molecule has 2 amide bonds. The van der Waals surface area contributed by atoms with E-state index in [0.717, 1.165) is 33.6 Å². The van der Waals surface area contributed by atoms with Crippen molar-refractivity contribution in [2.45, 2.75) is 65.0 Å². The molecule has 44 heavy (non-hydrogen) atoms. The molecule has 0 bridgehead atoms. The van der Waals surface area contributed by atoms with Gasteiger partial charge in [-0.15, -0.1) is 11.3 Å². The van der Waals surface area contributed by atoms with Gasteiger partial charge < -0.3 is 15.7 Å². The van der Waals surface area contributed by atoms with Crippen molar-refractivity contribution in [1.82, 2.24) is 20.6 Å². The molecule has 0 saturated carbocycles. The SMILES string of the molecule is CCc1ccc(/C=C\c2cnc(-c3ccc(C[C@H](NC(=O)c4ccc(C(C)(C)C)s4)C(=O)N[C@H](C)C(=O)O)cc3)nc2)cc1. The fraction of sp³-hybridized carbons (Fsp3) is 0.286. The minimum absolute atomic E-state index is 0.111. The summed E-state index contributed by atoms with van der Waals surface area (Å²) in [6, 6.07) is 17.4. The first-order valence-corrected chi connectivity index (χ1v) is 15.4. The maximum absolute atomic E-state index is 13.1. The van der Waals surface area contributed by atoms with Gasteiger partial charge in [0.2, 0.25) is 5.91 Å². The van der Waals surface area contributed by atoms with Crippen LogP contribution in [0.25, 0.3) is 23.5 Å². The molecule has 0 fully saturated rings. The summed E-state index contributed by atoms with van der Waals surface area (Å²) in [5.41, 5.74) is 4.76. The quantitative estimate of drug-likeness (QED) is 0.187. The van der Waals surface area contributed by atoms with E-state index in [2.05, 4.69) is 72.6 Å². The normalized spacial score (nSPS) is 12.9. The average Bonchev–Trinajstić information content (AvgIpc) is 3.52. The topological polar surface area (TPSA) is 121 Å². The van der Waals surface area contributed by atoms with Crippen LogP contribution in [0.4, 0.5) is 0 Å². The average molecular weight is 611 g/mol. The fourth-order valence-electron chi connectivity index (χ4n) is 4.33. The number of carbonyl (C=O) groups is 3. The highest BCUT2D eigenvalue weighted by atomic mass is 32.1. The third-order valence-electron chi connectivity index (χ3n) is 7.10. The van der Waals surface area contributed by atoms with Gasteiger partial charge in [0.15, 0.2) is 5.82 Å². The Bertz CT molecular complexity index is 1620. The lowest BCUT2D eigenvalue weighted by Crippen LogP contribution is -2.51. The number of aliphatic carboxylic acids is 1. The van der Waals surface area contributed by atoms with Crippen LogP contribution in [-0.4, -0.2) is 44.9 Å². The predicted molar refractivity (Wildman–Crippen MR) is 175 cm³/mol. The van der Waals surface area contributed by atoms with Crippen LogP contribution in [0.3, 0.4) is 0 Å². The minimum Gasteiger partial charge on any atom is -0.480 e. The zero-order valence-electron chi connectivity index (χ0n) is 25.6. The first kappa shape index (κ1) is 32.3. The number of hydrogen-bond donors (Lipinski definition) is 3.